The molecule has 3 N–H and O–H groups in total. The monoisotopic (exact) mass is 375 g/mol. The van der Waals surface area contributed by atoms with E-state index in [0.717, 1.165) is 31.5 Å². The zero-order valence-electron chi connectivity index (χ0n) is 12.2. The first-order chi connectivity index (χ1) is 9.92. The van der Waals surface area contributed by atoms with Crippen molar-refractivity contribution in [2.75, 3.05) is 26.7 Å². The van der Waals surface area contributed by atoms with Gasteiger partial charge in [0.15, 0.2) is 0 Å². The SMILES string of the molecule is CN1CCCC(CNS(=O)(=O)c2cc(CN)ccc2Br)C1. The van der Waals surface area contributed by atoms with E-state index >= 15 is 0 Å². The minimum atomic E-state index is -3.51. The Morgan fingerprint density at radius 1 is 1.48 bits per heavy atom. The van der Waals surface area contributed by atoms with E-state index in [1.165, 1.54) is 0 Å². The first-order valence-corrected chi connectivity index (χ1v) is 9.36. The summed E-state index contributed by atoms with van der Waals surface area (Å²) in [7, 11) is -1.44. The maximum absolute atomic E-state index is 12.4. The van der Waals surface area contributed by atoms with Crippen LogP contribution < -0.4 is 10.5 Å². The summed E-state index contributed by atoms with van der Waals surface area (Å²) >= 11 is 3.30. The molecule has 1 atom stereocenters. The van der Waals surface area contributed by atoms with Gasteiger partial charge in [0.25, 0.3) is 0 Å². The molecule has 0 aromatic heterocycles. The molecule has 1 heterocycles. The van der Waals surface area contributed by atoms with E-state index in [2.05, 4.69) is 32.6 Å². The van der Waals surface area contributed by atoms with E-state index in [1.807, 2.05) is 6.07 Å². The van der Waals surface area contributed by atoms with Gasteiger partial charge in [0.2, 0.25) is 10.0 Å². The lowest BCUT2D eigenvalue weighted by atomic mass is 9.99. The van der Waals surface area contributed by atoms with Crippen molar-refractivity contribution in [3.63, 3.8) is 0 Å². The molecule has 0 bridgehead atoms. The minimum absolute atomic E-state index is 0.259. The summed E-state index contributed by atoms with van der Waals surface area (Å²) in [6, 6.07) is 5.17. The molecule has 1 saturated heterocycles. The van der Waals surface area contributed by atoms with Crippen LogP contribution in [-0.4, -0.2) is 40.0 Å². The lowest BCUT2D eigenvalue weighted by molar-refractivity contribution is 0.211. The molecule has 2 rings (SSSR count). The van der Waals surface area contributed by atoms with Gasteiger partial charge in [-0.15, -0.1) is 0 Å². The number of sulfonamides is 1. The molecular weight excluding hydrogens is 354 g/mol. The maximum Gasteiger partial charge on any atom is 0.241 e. The Morgan fingerprint density at radius 2 is 2.24 bits per heavy atom. The molecule has 0 saturated carbocycles. The fourth-order valence-corrected chi connectivity index (χ4v) is 4.75. The van der Waals surface area contributed by atoms with Gasteiger partial charge < -0.3 is 10.6 Å². The van der Waals surface area contributed by atoms with E-state index in [-0.39, 0.29) is 4.90 Å². The summed E-state index contributed by atoms with van der Waals surface area (Å²) in [5.74, 6) is 0.370. The van der Waals surface area contributed by atoms with Gasteiger partial charge in [-0.2, -0.15) is 0 Å². The highest BCUT2D eigenvalue weighted by atomic mass is 79.9. The summed E-state index contributed by atoms with van der Waals surface area (Å²) in [5.41, 5.74) is 6.38. The van der Waals surface area contributed by atoms with E-state index in [4.69, 9.17) is 5.73 Å². The van der Waals surface area contributed by atoms with Crippen LogP contribution in [0.15, 0.2) is 27.6 Å². The molecule has 0 radical (unpaired) electrons. The summed E-state index contributed by atoms with van der Waals surface area (Å²) in [4.78, 5) is 2.50. The molecule has 0 amide bonds. The van der Waals surface area contributed by atoms with E-state index < -0.39 is 10.0 Å². The second-order valence-corrected chi connectivity index (χ2v) is 8.18. The van der Waals surface area contributed by atoms with Crippen LogP contribution in [0.4, 0.5) is 0 Å². The topological polar surface area (TPSA) is 75.4 Å². The van der Waals surface area contributed by atoms with Gasteiger partial charge in [-0.25, -0.2) is 13.1 Å². The first-order valence-electron chi connectivity index (χ1n) is 7.09. The molecule has 1 aliphatic rings. The van der Waals surface area contributed by atoms with Crippen LogP contribution >= 0.6 is 15.9 Å². The Morgan fingerprint density at radius 3 is 2.90 bits per heavy atom. The van der Waals surface area contributed by atoms with Gasteiger partial charge in [-0.3, -0.25) is 0 Å². The minimum Gasteiger partial charge on any atom is -0.326 e. The molecule has 0 spiro atoms. The molecule has 1 aromatic rings. The van der Waals surface area contributed by atoms with Crippen LogP contribution in [0.25, 0.3) is 0 Å². The Bertz CT molecular complexity index is 592. The normalized spacial score (nSPS) is 20.6. The Balaban J connectivity index is 2.08. The van der Waals surface area contributed by atoms with Crippen LogP contribution in [-0.2, 0) is 16.6 Å². The fourth-order valence-electron chi connectivity index (χ4n) is 2.63. The Labute approximate surface area is 135 Å². The summed E-state index contributed by atoms with van der Waals surface area (Å²) in [5, 5.41) is 0. The van der Waals surface area contributed by atoms with Crippen molar-refractivity contribution < 1.29 is 8.42 Å². The summed E-state index contributed by atoms with van der Waals surface area (Å²) in [6.45, 7) is 2.83. The number of nitrogens with one attached hydrogen (secondary N) is 1. The third-order valence-electron chi connectivity index (χ3n) is 3.80. The number of nitrogens with zero attached hydrogens (tertiary/aromatic N) is 1. The average Bonchev–Trinajstić information content (AvgIpc) is 2.46. The van der Waals surface area contributed by atoms with Crippen LogP contribution in [0.5, 0.6) is 0 Å². The second-order valence-electron chi connectivity index (χ2n) is 5.59. The van der Waals surface area contributed by atoms with Crippen LogP contribution in [0.3, 0.4) is 0 Å². The molecule has 118 valence electrons. The van der Waals surface area contributed by atoms with E-state index in [0.29, 0.717) is 23.5 Å². The number of benzene rings is 1. The third-order valence-corrected chi connectivity index (χ3v) is 6.22. The smallest absolute Gasteiger partial charge is 0.241 e. The number of nitrogens with two attached hydrogens (primary N) is 1. The second kappa shape index (κ2) is 7.19. The molecule has 21 heavy (non-hydrogen) atoms. The highest BCUT2D eigenvalue weighted by Crippen LogP contribution is 2.23. The zero-order valence-corrected chi connectivity index (χ0v) is 14.6. The van der Waals surface area contributed by atoms with Crippen molar-refractivity contribution in [1.82, 2.24) is 9.62 Å². The summed E-state index contributed by atoms with van der Waals surface area (Å²) < 4.78 is 28.2. The molecule has 1 fully saturated rings. The van der Waals surface area contributed by atoms with Gasteiger partial charge in [-0.05, 0) is 66.0 Å². The zero-order chi connectivity index (χ0) is 15.5. The molecule has 1 aliphatic heterocycles. The highest BCUT2D eigenvalue weighted by molar-refractivity contribution is 9.10. The lowest BCUT2D eigenvalue weighted by Crippen LogP contribution is -2.39. The van der Waals surface area contributed by atoms with Crippen molar-refractivity contribution in [2.24, 2.45) is 11.7 Å². The number of piperidine rings is 1. The van der Waals surface area contributed by atoms with Crippen molar-refractivity contribution in [3.8, 4) is 0 Å². The van der Waals surface area contributed by atoms with Gasteiger partial charge in [0.1, 0.15) is 0 Å². The van der Waals surface area contributed by atoms with Crippen molar-refractivity contribution in [1.29, 1.82) is 0 Å². The predicted octanol–water partition coefficient (Wildman–Crippen LogP) is 1.53. The number of halogens is 1. The fraction of sp³-hybridized carbons (Fsp3) is 0.571. The van der Waals surface area contributed by atoms with E-state index in [9.17, 15) is 8.42 Å². The van der Waals surface area contributed by atoms with Gasteiger partial charge in [0.05, 0.1) is 4.90 Å². The molecule has 0 aliphatic carbocycles. The van der Waals surface area contributed by atoms with Gasteiger partial charge >= 0.3 is 0 Å². The van der Waals surface area contributed by atoms with Crippen LogP contribution in [0.2, 0.25) is 0 Å². The number of rotatable bonds is 5. The quantitative estimate of drug-likeness (QED) is 0.817. The molecule has 1 unspecified atom stereocenters. The van der Waals surface area contributed by atoms with Gasteiger partial charge in [-0.1, -0.05) is 6.07 Å². The number of likely N-dealkylation sites (tertiary alicyclic amines) is 1. The highest BCUT2D eigenvalue weighted by Gasteiger charge is 2.22. The third kappa shape index (κ3) is 4.50. The van der Waals surface area contributed by atoms with Crippen molar-refractivity contribution >= 4 is 26.0 Å². The Hall–Kier alpha value is -0.470. The maximum atomic E-state index is 12.4. The standard InChI is InChI=1S/C14H22BrN3O2S/c1-18-6-2-3-12(10-18)9-17-21(19,20)14-7-11(8-16)4-5-13(14)15/h4-5,7,12,17H,2-3,6,8-10,16H2,1H3. The largest absolute Gasteiger partial charge is 0.326 e. The molecule has 1 aromatic carbocycles. The molecule has 5 nitrogen and oxygen atoms in total. The lowest BCUT2D eigenvalue weighted by Gasteiger charge is -2.29. The van der Waals surface area contributed by atoms with Crippen LogP contribution in [0, 0.1) is 5.92 Å². The average molecular weight is 376 g/mol. The van der Waals surface area contributed by atoms with E-state index in [1.54, 1.807) is 12.1 Å². The number of hydrogen-bond acceptors (Lipinski definition) is 4. The Kier molecular flexibility index (Phi) is 5.79. The van der Waals surface area contributed by atoms with Crippen LogP contribution in [0.1, 0.15) is 18.4 Å². The summed E-state index contributed by atoms with van der Waals surface area (Å²) in [6.07, 6.45) is 2.19. The van der Waals surface area contributed by atoms with Crippen molar-refractivity contribution in [3.05, 3.63) is 28.2 Å². The predicted molar refractivity (Wildman–Crippen MR) is 87.4 cm³/mol. The van der Waals surface area contributed by atoms with Crippen molar-refractivity contribution in [2.45, 2.75) is 24.3 Å². The first kappa shape index (κ1) is 16.9. The molecular formula is C14H22BrN3O2S. The number of hydrogen-bond donors (Lipinski definition) is 2. The molecule has 7 heteroatoms. The van der Waals surface area contributed by atoms with Gasteiger partial charge in [0, 0.05) is 24.1 Å².